The molecule has 2 aromatic rings. The SMILES string of the molecule is Cc1cc(C=Cc2ccc(F)cc2)cc(C)c1O. The zero-order valence-electron chi connectivity index (χ0n) is 10.4. The molecule has 0 aromatic heterocycles. The van der Waals surface area contributed by atoms with Crippen LogP contribution in [0.4, 0.5) is 4.39 Å². The van der Waals surface area contributed by atoms with E-state index in [9.17, 15) is 9.50 Å². The van der Waals surface area contributed by atoms with Crippen LogP contribution in [0, 0.1) is 19.7 Å². The first kappa shape index (κ1) is 12.4. The van der Waals surface area contributed by atoms with Crippen LogP contribution >= 0.6 is 0 Å². The first-order valence-corrected chi connectivity index (χ1v) is 5.80. The molecule has 1 nitrogen and oxygen atoms in total. The molecule has 0 saturated carbocycles. The molecule has 2 heteroatoms. The maximum atomic E-state index is 12.7. The van der Waals surface area contributed by atoms with Gasteiger partial charge in [0.05, 0.1) is 0 Å². The third-order valence-electron chi connectivity index (χ3n) is 2.85. The van der Waals surface area contributed by atoms with Gasteiger partial charge in [0.15, 0.2) is 0 Å². The zero-order valence-corrected chi connectivity index (χ0v) is 10.4. The average Bonchev–Trinajstić information content (AvgIpc) is 2.35. The van der Waals surface area contributed by atoms with E-state index in [-0.39, 0.29) is 5.82 Å². The smallest absolute Gasteiger partial charge is 0.123 e. The van der Waals surface area contributed by atoms with Crippen molar-refractivity contribution in [3.63, 3.8) is 0 Å². The van der Waals surface area contributed by atoms with E-state index in [1.807, 2.05) is 38.1 Å². The third kappa shape index (κ3) is 2.77. The lowest BCUT2D eigenvalue weighted by atomic mass is 10.0. The summed E-state index contributed by atoms with van der Waals surface area (Å²) in [6, 6.07) is 10.2. The highest BCUT2D eigenvalue weighted by Gasteiger charge is 2.01. The molecule has 0 aliphatic rings. The highest BCUT2D eigenvalue weighted by atomic mass is 19.1. The van der Waals surface area contributed by atoms with Gasteiger partial charge in [-0.2, -0.15) is 0 Å². The first-order chi connectivity index (χ1) is 8.56. The summed E-state index contributed by atoms with van der Waals surface area (Å²) >= 11 is 0. The maximum Gasteiger partial charge on any atom is 0.123 e. The molecule has 0 aliphatic heterocycles. The standard InChI is InChI=1S/C16H15FO/c1-11-9-14(10-12(2)16(11)18)4-3-13-5-7-15(17)8-6-13/h3-10,18H,1-2H3. The third-order valence-corrected chi connectivity index (χ3v) is 2.85. The number of hydrogen-bond donors (Lipinski definition) is 1. The molecule has 0 spiro atoms. The number of rotatable bonds is 2. The van der Waals surface area contributed by atoms with Crippen LogP contribution in [0.2, 0.25) is 0 Å². The Kier molecular flexibility index (Phi) is 3.47. The van der Waals surface area contributed by atoms with Gasteiger partial charge in [-0.3, -0.25) is 0 Å². The Morgan fingerprint density at radius 1 is 0.889 bits per heavy atom. The van der Waals surface area contributed by atoms with Crippen molar-refractivity contribution in [2.75, 3.05) is 0 Å². The molecule has 2 aromatic carbocycles. The van der Waals surface area contributed by atoms with Crippen molar-refractivity contribution in [1.82, 2.24) is 0 Å². The predicted molar refractivity (Wildman–Crippen MR) is 72.9 cm³/mol. The minimum atomic E-state index is -0.233. The molecular formula is C16H15FO. The van der Waals surface area contributed by atoms with Crippen molar-refractivity contribution >= 4 is 12.2 Å². The molecule has 0 aliphatic carbocycles. The van der Waals surface area contributed by atoms with Gasteiger partial charge in [0.2, 0.25) is 0 Å². The Morgan fingerprint density at radius 2 is 1.39 bits per heavy atom. The summed E-state index contributed by atoms with van der Waals surface area (Å²) in [4.78, 5) is 0. The van der Waals surface area contributed by atoms with Gasteiger partial charge in [0, 0.05) is 0 Å². The molecular weight excluding hydrogens is 227 g/mol. The topological polar surface area (TPSA) is 20.2 Å². The van der Waals surface area contributed by atoms with Crippen LogP contribution in [0.25, 0.3) is 12.2 Å². The number of aromatic hydroxyl groups is 1. The van der Waals surface area contributed by atoms with Crippen molar-refractivity contribution in [3.8, 4) is 5.75 Å². The molecule has 0 unspecified atom stereocenters. The Bertz CT molecular complexity index is 560. The van der Waals surface area contributed by atoms with Gasteiger partial charge in [-0.1, -0.05) is 24.3 Å². The summed E-state index contributed by atoms with van der Waals surface area (Å²) in [6.45, 7) is 3.75. The van der Waals surface area contributed by atoms with E-state index in [0.29, 0.717) is 5.75 Å². The van der Waals surface area contributed by atoms with E-state index in [1.54, 1.807) is 12.1 Å². The summed E-state index contributed by atoms with van der Waals surface area (Å²) in [5.74, 6) is 0.109. The van der Waals surface area contributed by atoms with E-state index in [4.69, 9.17) is 0 Å². The molecule has 0 atom stereocenters. The number of phenolic OH excluding ortho intramolecular Hbond substituents is 1. The van der Waals surface area contributed by atoms with Crippen molar-refractivity contribution in [1.29, 1.82) is 0 Å². The second-order valence-electron chi connectivity index (χ2n) is 4.39. The second-order valence-corrected chi connectivity index (χ2v) is 4.39. The number of benzene rings is 2. The van der Waals surface area contributed by atoms with E-state index in [1.165, 1.54) is 12.1 Å². The van der Waals surface area contributed by atoms with E-state index >= 15 is 0 Å². The van der Waals surface area contributed by atoms with Crippen LogP contribution in [-0.4, -0.2) is 5.11 Å². The van der Waals surface area contributed by atoms with Gasteiger partial charge in [-0.15, -0.1) is 0 Å². The summed E-state index contributed by atoms with van der Waals surface area (Å²) < 4.78 is 12.7. The summed E-state index contributed by atoms with van der Waals surface area (Å²) in [6.07, 6.45) is 3.87. The van der Waals surface area contributed by atoms with Crippen molar-refractivity contribution < 1.29 is 9.50 Å². The van der Waals surface area contributed by atoms with Crippen LogP contribution in [0.5, 0.6) is 5.75 Å². The largest absolute Gasteiger partial charge is 0.507 e. The average molecular weight is 242 g/mol. The fourth-order valence-electron chi connectivity index (χ4n) is 1.85. The van der Waals surface area contributed by atoms with E-state index < -0.39 is 0 Å². The molecule has 0 amide bonds. The molecule has 0 heterocycles. The van der Waals surface area contributed by atoms with Crippen LogP contribution in [-0.2, 0) is 0 Å². The Morgan fingerprint density at radius 3 is 1.94 bits per heavy atom. The van der Waals surface area contributed by atoms with Gasteiger partial charge in [-0.25, -0.2) is 4.39 Å². The Balaban J connectivity index is 2.26. The fourth-order valence-corrected chi connectivity index (χ4v) is 1.85. The van der Waals surface area contributed by atoms with Crippen molar-refractivity contribution in [2.24, 2.45) is 0 Å². The number of hydrogen-bond acceptors (Lipinski definition) is 1. The minimum Gasteiger partial charge on any atom is -0.507 e. The van der Waals surface area contributed by atoms with Crippen molar-refractivity contribution in [3.05, 3.63) is 64.5 Å². The van der Waals surface area contributed by atoms with Crippen LogP contribution < -0.4 is 0 Å². The normalized spacial score (nSPS) is 11.1. The lowest BCUT2D eigenvalue weighted by Crippen LogP contribution is -1.83. The highest BCUT2D eigenvalue weighted by molar-refractivity contribution is 5.70. The first-order valence-electron chi connectivity index (χ1n) is 5.80. The Hall–Kier alpha value is -2.09. The second kappa shape index (κ2) is 5.05. The summed E-state index contributed by atoms with van der Waals surface area (Å²) in [5.41, 5.74) is 3.68. The minimum absolute atomic E-state index is 0.233. The van der Waals surface area contributed by atoms with Gasteiger partial charge in [0.1, 0.15) is 11.6 Å². The molecule has 0 fully saturated rings. The molecule has 18 heavy (non-hydrogen) atoms. The summed E-state index contributed by atoms with van der Waals surface area (Å²) in [7, 11) is 0. The lowest BCUT2D eigenvalue weighted by Gasteiger charge is -2.04. The zero-order chi connectivity index (χ0) is 13.1. The van der Waals surface area contributed by atoms with Crippen LogP contribution in [0.1, 0.15) is 22.3 Å². The number of aryl methyl sites for hydroxylation is 2. The molecule has 1 N–H and O–H groups in total. The van der Waals surface area contributed by atoms with Crippen LogP contribution in [0.15, 0.2) is 36.4 Å². The van der Waals surface area contributed by atoms with Gasteiger partial charge >= 0.3 is 0 Å². The van der Waals surface area contributed by atoms with Gasteiger partial charge in [0.25, 0.3) is 0 Å². The quantitative estimate of drug-likeness (QED) is 0.778. The Labute approximate surface area is 106 Å². The van der Waals surface area contributed by atoms with Gasteiger partial charge < -0.3 is 5.11 Å². The van der Waals surface area contributed by atoms with Crippen LogP contribution in [0.3, 0.4) is 0 Å². The molecule has 92 valence electrons. The van der Waals surface area contributed by atoms with E-state index in [0.717, 1.165) is 22.3 Å². The molecule has 0 bridgehead atoms. The predicted octanol–water partition coefficient (Wildman–Crippen LogP) is 4.32. The molecule has 0 saturated heterocycles. The van der Waals surface area contributed by atoms with E-state index in [2.05, 4.69) is 0 Å². The van der Waals surface area contributed by atoms with Gasteiger partial charge in [-0.05, 0) is 60.4 Å². The molecule has 2 rings (SSSR count). The maximum absolute atomic E-state index is 12.7. The highest BCUT2D eigenvalue weighted by Crippen LogP contribution is 2.23. The van der Waals surface area contributed by atoms with Crippen molar-refractivity contribution in [2.45, 2.75) is 13.8 Å². The lowest BCUT2D eigenvalue weighted by molar-refractivity contribution is 0.467. The monoisotopic (exact) mass is 242 g/mol. The fraction of sp³-hybridized carbons (Fsp3) is 0.125. The molecule has 0 radical (unpaired) electrons. The summed E-state index contributed by atoms with van der Waals surface area (Å²) in [5, 5.41) is 9.68. The number of phenols is 1. The number of halogens is 1.